The topological polar surface area (TPSA) is 60.9 Å². The van der Waals surface area contributed by atoms with Crippen molar-refractivity contribution in [2.45, 2.75) is 33.2 Å². The van der Waals surface area contributed by atoms with Crippen LogP contribution in [0, 0.1) is 11.8 Å². The highest BCUT2D eigenvalue weighted by Crippen LogP contribution is 2.23. The summed E-state index contributed by atoms with van der Waals surface area (Å²) in [5.74, 6) is -0.995. The molecule has 1 atom stereocenters. The van der Waals surface area contributed by atoms with E-state index in [1.54, 1.807) is 4.90 Å². The third-order valence-electron chi connectivity index (χ3n) is 3.63. The number of carbonyl (C=O) groups excluding carboxylic acids is 1. The third kappa shape index (κ3) is 3.02. The van der Waals surface area contributed by atoms with Gasteiger partial charge in [0.15, 0.2) is 0 Å². The molecular weight excluding hydrogens is 232 g/mol. The molecule has 1 aliphatic heterocycles. The number of rotatable bonds is 3. The molecule has 1 rings (SSSR count). The molecular formula is C13H24N2O3. The van der Waals surface area contributed by atoms with E-state index in [0.717, 1.165) is 0 Å². The molecule has 0 spiro atoms. The molecule has 5 nitrogen and oxygen atoms in total. The fraction of sp³-hybridized carbons (Fsp3) is 0.846. The lowest BCUT2D eigenvalue weighted by molar-refractivity contribution is -0.143. The van der Waals surface area contributed by atoms with Crippen LogP contribution in [-0.4, -0.2) is 59.0 Å². The molecule has 0 bridgehead atoms. The van der Waals surface area contributed by atoms with Gasteiger partial charge in [-0.05, 0) is 26.8 Å². The largest absolute Gasteiger partial charge is 0.481 e. The standard InChI is InChI=1S/C13H24N2O3/c1-9(2)6-15-8-10(11(16)17)7-14(5)13(3,4)12(15)18/h9-10H,6-8H2,1-5H3,(H,16,17). The molecule has 5 heteroatoms. The Labute approximate surface area is 109 Å². The molecule has 1 saturated heterocycles. The molecule has 0 aromatic rings. The van der Waals surface area contributed by atoms with Gasteiger partial charge in [0.25, 0.3) is 0 Å². The summed E-state index contributed by atoms with van der Waals surface area (Å²) in [6, 6.07) is 0. The molecule has 0 radical (unpaired) electrons. The van der Waals surface area contributed by atoms with Crippen molar-refractivity contribution in [3.8, 4) is 0 Å². The second-order valence-electron chi connectivity index (χ2n) is 6.08. The summed E-state index contributed by atoms with van der Waals surface area (Å²) < 4.78 is 0. The second-order valence-corrected chi connectivity index (χ2v) is 6.08. The van der Waals surface area contributed by atoms with Crippen molar-refractivity contribution < 1.29 is 14.7 Å². The van der Waals surface area contributed by atoms with E-state index in [9.17, 15) is 14.7 Å². The van der Waals surface area contributed by atoms with Crippen LogP contribution in [0.5, 0.6) is 0 Å². The Bertz CT molecular complexity index is 339. The summed E-state index contributed by atoms with van der Waals surface area (Å²) in [6.45, 7) is 9.10. The van der Waals surface area contributed by atoms with E-state index in [-0.39, 0.29) is 5.91 Å². The molecule has 0 aliphatic carbocycles. The van der Waals surface area contributed by atoms with E-state index in [0.29, 0.717) is 25.6 Å². The van der Waals surface area contributed by atoms with Crippen LogP contribution in [0.1, 0.15) is 27.7 Å². The number of hydrogen-bond donors (Lipinski definition) is 1. The first kappa shape index (κ1) is 15.0. The summed E-state index contributed by atoms with van der Waals surface area (Å²) in [5.41, 5.74) is -0.640. The quantitative estimate of drug-likeness (QED) is 0.815. The Kier molecular flexibility index (Phi) is 4.37. The zero-order valence-electron chi connectivity index (χ0n) is 11.9. The first-order chi connectivity index (χ1) is 8.16. The Morgan fingerprint density at radius 1 is 1.44 bits per heavy atom. The molecule has 1 fully saturated rings. The predicted molar refractivity (Wildman–Crippen MR) is 69.3 cm³/mol. The van der Waals surface area contributed by atoms with Crippen LogP contribution in [0.15, 0.2) is 0 Å². The summed E-state index contributed by atoms with van der Waals surface area (Å²) in [5, 5.41) is 9.22. The predicted octanol–water partition coefficient (Wildman–Crippen LogP) is 0.896. The van der Waals surface area contributed by atoms with Crippen LogP contribution in [0.25, 0.3) is 0 Å². The number of aliphatic carboxylic acids is 1. The summed E-state index contributed by atoms with van der Waals surface area (Å²) in [4.78, 5) is 27.3. The van der Waals surface area contributed by atoms with E-state index in [1.807, 2.05) is 39.6 Å². The number of nitrogens with zero attached hydrogens (tertiary/aromatic N) is 2. The van der Waals surface area contributed by atoms with Crippen LogP contribution in [0.3, 0.4) is 0 Å². The van der Waals surface area contributed by atoms with Gasteiger partial charge in [-0.3, -0.25) is 14.5 Å². The van der Waals surface area contributed by atoms with Crippen LogP contribution in [0.4, 0.5) is 0 Å². The van der Waals surface area contributed by atoms with Gasteiger partial charge < -0.3 is 10.0 Å². The lowest BCUT2D eigenvalue weighted by Gasteiger charge is -2.35. The molecule has 1 heterocycles. The molecule has 1 aliphatic rings. The molecule has 0 aromatic heterocycles. The Morgan fingerprint density at radius 2 is 2.00 bits per heavy atom. The maximum Gasteiger partial charge on any atom is 0.309 e. The van der Waals surface area contributed by atoms with Crippen LogP contribution in [0.2, 0.25) is 0 Å². The van der Waals surface area contributed by atoms with E-state index < -0.39 is 17.4 Å². The zero-order valence-corrected chi connectivity index (χ0v) is 11.9. The van der Waals surface area contributed by atoms with Gasteiger partial charge in [-0.15, -0.1) is 0 Å². The lowest BCUT2D eigenvalue weighted by atomic mass is 10.0. The van der Waals surface area contributed by atoms with E-state index in [4.69, 9.17) is 0 Å². The Balaban J connectivity index is 3.01. The number of amides is 1. The smallest absolute Gasteiger partial charge is 0.309 e. The van der Waals surface area contributed by atoms with Crippen molar-refractivity contribution in [1.29, 1.82) is 0 Å². The number of carbonyl (C=O) groups is 2. The van der Waals surface area contributed by atoms with E-state index in [1.165, 1.54) is 0 Å². The fourth-order valence-electron chi connectivity index (χ4n) is 2.27. The minimum atomic E-state index is -0.832. The van der Waals surface area contributed by atoms with Crippen molar-refractivity contribution in [2.24, 2.45) is 11.8 Å². The molecule has 1 amide bonds. The summed E-state index contributed by atoms with van der Waals surface area (Å²) in [6.07, 6.45) is 0. The highest BCUT2D eigenvalue weighted by Gasteiger charge is 2.42. The number of hydrogen-bond acceptors (Lipinski definition) is 3. The van der Waals surface area contributed by atoms with E-state index in [2.05, 4.69) is 0 Å². The molecule has 18 heavy (non-hydrogen) atoms. The summed E-state index contributed by atoms with van der Waals surface area (Å²) in [7, 11) is 1.81. The molecule has 1 N–H and O–H groups in total. The maximum absolute atomic E-state index is 12.5. The van der Waals surface area contributed by atoms with Gasteiger partial charge >= 0.3 is 5.97 Å². The van der Waals surface area contributed by atoms with Crippen LogP contribution in [-0.2, 0) is 9.59 Å². The minimum absolute atomic E-state index is 0.0162. The van der Waals surface area contributed by atoms with Gasteiger partial charge in [0, 0.05) is 19.6 Å². The Morgan fingerprint density at radius 3 is 2.44 bits per heavy atom. The average Bonchev–Trinajstić information content (AvgIpc) is 2.30. The average molecular weight is 256 g/mol. The monoisotopic (exact) mass is 256 g/mol. The highest BCUT2D eigenvalue weighted by atomic mass is 16.4. The van der Waals surface area contributed by atoms with Crippen molar-refractivity contribution in [1.82, 2.24) is 9.80 Å². The normalized spacial score (nSPS) is 25.3. The van der Waals surface area contributed by atoms with Gasteiger partial charge in [0.2, 0.25) is 5.91 Å². The van der Waals surface area contributed by atoms with Crippen molar-refractivity contribution >= 4 is 11.9 Å². The van der Waals surface area contributed by atoms with E-state index >= 15 is 0 Å². The van der Waals surface area contributed by atoms with Crippen molar-refractivity contribution in [3.05, 3.63) is 0 Å². The number of likely N-dealkylation sites (N-methyl/N-ethyl adjacent to an activating group) is 1. The zero-order chi connectivity index (χ0) is 14.1. The Hall–Kier alpha value is -1.10. The van der Waals surface area contributed by atoms with Crippen LogP contribution < -0.4 is 0 Å². The highest BCUT2D eigenvalue weighted by molar-refractivity contribution is 5.86. The maximum atomic E-state index is 12.5. The van der Waals surface area contributed by atoms with Crippen LogP contribution >= 0.6 is 0 Å². The second kappa shape index (κ2) is 5.26. The summed E-state index contributed by atoms with van der Waals surface area (Å²) >= 11 is 0. The molecule has 0 saturated carbocycles. The molecule has 0 aromatic carbocycles. The van der Waals surface area contributed by atoms with Gasteiger partial charge in [-0.2, -0.15) is 0 Å². The third-order valence-corrected chi connectivity index (χ3v) is 3.63. The number of carboxylic acid groups (broad SMARTS) is 1. The SMILES string of the molecule is CC(C)CN1CC(C(=O)O)CN(C)C(C)(C)C1=O. The van der Waals surface area contributed by atoms with Gasteiger partial charge in [-0.25, -0.2) is 0 Å². The molecule has 104 valence electrons. The molecule has 1 unspecified atom stereocenters. The van der Waals surface area contributed by atoms with Crippen molar-refractivity contribution in [2.75, 3.05) is 26.7 Å². The first-order valence-corrected chi connectivity index (χ1v) is 6.39. The fourth-order valence-corrected chi connectivity index (χ4v) is 2.27. The van der Waals surface area contributed by atoms with Gasteiger partial charge in [0.1, 0.15) is 0 Å². The van der Waals surface area contributed by atoms with Crippen molar-refractivity contribution in [3.63, 3.8) is 0 Å². The van der Waals surface area contributed by atoms with Gasteiger partial charge in [0.05, 0.1) is 11.5 Å². The van der Waals surface area contributed by atoms with Gasteiger partial charge in [-0.1, -0.05) is 13.8 Å². The minimum Gasteiger partial charge on any atom is -0.481 e. The first-order valence-electron chi connectivity index (χ1n) is 6.39. The lowest BCUT2D eigenvalue weighted by Crippen LogP contribution is -2.52. The number of carboxylic acids is 1.